The number of nitrogens with zero attached hydrogens (tertiary/aromatic N) is 2. The van der Waals surface area contributed by atoms with Crippen molar-refractivity contribution < 1.29 is 14.7 Å². The molecule has 0 spiro atoms. The van der Waals surface area contributed by atoms with E-state index in [1.165, 1.54) is 12.6 Å². The lowest BCUT2D eigenvalue weighted by Crippen LogP contribution is -2.38. The molecule has 1 heterocycles. The van der Waals surface area contributed by atoms with Gasteiger partial charge < -0.3 is 10.4 Å². The SMILES string of the molecule is Cc1ncc(C(=O)NCC(C(=O)O)C2CCCCC2)c(C)n1. The maximum absolute atomic E-state index is 12.2. The first kappa shape index (κ1) is 16.4. The molecule has 1 aliphatic rings. The number of hydrogen-bond acceptors (Lipinski definition) is 4. The molecule has 0 bridgehead atoms. The Bertz CT molecular complexity index is 554. The normalized spacial score (nSPS) is 17.0. The Balaban J connectivity index is 1.99. The fraction of sp³-hybridized carbons (Fsp3) is 0.625. The van der Waals surface area contributed by atoms with Crippen molar-refractivity contribution in [1.82, 2.24) is 15.3 Å². The lowest BCUT2D eigenvalue weighted by molar-refractivity contribution is -0.143. The van der Waals surface area contributed by atoms with Gasteiger partial charge in [-0.3, -0.25) is 9.59 Å². The molecule has 1 unspecified atom stereocenters. The van der Waals surface area contributed by atoms with Gasteiger partial charge in [-0.25, -0.2) is 9.97 Å². The molecule has 120 valence electrons. The van der Waals surface area contributed by atoms with Crippen molar-refractivity contribution in [2.45, 2.75) is 46.0 Å². The number of aliphatic carboxylic acids is 1. The van der Waals surface area contributed by atoms with Crippen molar-refractivity contribution >= 4 is 11.9 Å². The molecule has 1 atom stereocenters. The molecule has 6 heteroatoms. The minimum absolute atomic E-state index is 0.155. The van der Waals surface area contributed by atoms with E-state index < -0.39 is 11.9 Å². The molecule has 1 aromatic heterocycles. The van der Waals surface area contributed by atoms with Gasteiger partial charge in [0.05, 0.1) is 17.2 Å². The Hall–Kier alpha value is -1.98. The van der Waals surface area contributed by atoms with Crippen LogP contribution in [0.5, 0.6) is 0 Å². The van der Waals surface area contributed by atoms with Crippen molar-refractivity contribution in [3.63, 3.8) is 0 Å². The Labute approximate surface area is 130 Å². The molecule has 1 aromatic rings. The first-order valence-electron chi connectivity index (χ1n) is 7.80. The number of rotatable bonds is 5. The van der Waals surface area contributed by atoms with Crippen LogP contribution in [-0.2, 0) is 4.79 Å². The summed E-state index contributed by atoms with van der Waals surface area (Å²) in [6, 6.07) is 0. The van der Waals surface area contributed by atoms with Crippen LogP contribution in [0.1, 0.15) is 54.0 Å². The highest BCUT2D eigenvalue weighted by Crippen LogP contribution is 2.30. The summed E-state index contributed by atoms with van der Waals surface area (Å²) < 4.78 is 0. The van der Waals surface area contributed by atoms with Crippen molar-refractivity contribution in [2.24, 2.45) is 11.8 Å². The van der Waals surface area contributed by atoms with Gasteiger partial charge in [0, 0.05) is 12.7 Å². The highest BCUT2D eigenvalue weighted by atomic mass is 16.4. The number of aromatic nitrogens is 2. The summed E-state index contributed by atoms with van der Waals surface area (Å²) in [7, 11) is 0. The summed E-state index contributed by atoms with van der Waals surface area (Å²) in [5.41, 5.74) is 1.01. The highest BCUT2D eigenvalue weighted by molar-refractivity contribution is 5.95. The second kappa shape index (κ2) is 7.33. The summed E-state index contributed by atoms with van der Waals surface area (Å²) >= 11 is 0. The fourth-order valence-corrected chi connectivity index (χ4v) is 3.10. The van der Waals surface area contributed by atoms with Gasteiger partial charge >= 0.3 is 5.97 Å². The second-order valence-electron chi connectivity index (χ2n) is 5.97. The third-order valence-corrected chi connectivity index (χ3v) is 4.36. The predicted octanol–water partition coefficient (Wildman–Crippen LogP) is 2.10. The van der Waals surface area contributed by atoms with Crippen LogP contribution in [0.15, 0.2) is 6.20 Å². The zero-order valence-electron chi connectivity index (χ0n) is 13.1. The number of amides is 1. The van der Waals surface area contributed by atoms with E-state index >= 15 is 0 Å². The van der Waals surface area contributed by atoms with Gasteiger partial charge in [-0.1, -0.05) is 19.3 Å². The van der Waals surface area contributed by atoms with Crippen molar-refractivity contribution in [1.29, 1.82) is 0 Å². The molecule has 6 nitrogen and oxygen atoms in total. The van der Waals surface area contributed by atoms with Crippen LogP contribution in [0.25, 0.3) is 0 Å². The summed E-state index contributed by atoms with van der Waals surface area (Å²) in [6.07, 6.45) is 6.68. The van der Waals surface area contributed by atoms with Gasteiger partial charge in [0.2, 0.25) is 0 Å². The van der Waals surface area contributed by atoms with Gasteiger partial charge in [-0.15, -0.1) is 0 Å². The van der Waals surface area contributed by atoms with Crippen molar-refractivity contribution in [2.75, 3.05) is 6.54 Å². The van der Waals surface area contributed by atoms with E-state index in [2.05, 4.69) is 15.3 Å². The van der Waals surface area contributed by atoms with E-state index in [9.17, 15) is 14.7 Å². The maximum atomic E-state index is 12.2. The van der Waals surface area contributed by atoms with Crippen molar-refractivity contribution in [3.05, 3.63) is 23.3 Å². The number of carboxylic acids is 1. The van der Waals surface area contributed by atoms with E-state index in [0.29, 0.717) is 17.1 Å². The van der Waals surface area contributed by atoms with Crippen LogP contribution in [0, 0.1) is 25.7 Å². The minimum atomic E-state index is -0.830. The van der Waals surface area contributed by atoms with Crippen LogP contribution in [0.3, 0.4) is 0 Å². The van der Waals surface area contributed by atoms with Crippen LogP contribution >= 0.6 is 0 Å². The molecular weight excluding hydrogens is 282 g/mol. The summed E-state index contributed by atoms with van der Waals surface area (Å²) in [5.74, 6) is -0.888. The monoisotopic (exact) mass is 305 g/mol. The highest BCUT2D eigenvalue weighted by Gasteiger charge is 2.29. The molecule has 0 aromatic carbocycles. The first-order valence-corrected chi connectivity index (χ1v) is 7.80. The molecule has 22 heavy (non-hydrogen) atoms. The predicted molar refractivity (Wildman–Crippen MR) is 81.5 cm³/mol. The Morgan fingerprint density at radius 3 is 2.59 bits per heavy atom. The average Bonchev–Trinajstić information content (AvgIpc) is 2.48. The third kappa shape index (κ3) is 4.02. The minimum Gasteiger partial charge on any atom is -0.481 e. The quantitative estimate of drug-likeness (QED) is 0.869. The van der Waals surface area contributed by atoms with Gasteiger partial charge in [0.1, 0.15) is 5.82 Å². The lowest BCUT2D eigenvalue weighted by atomic mass is 9.80. The topological polar surface area (TPSA) is 92.2 Å². The largest absolute Gasteiger partial charge is 0.481 e. The summed E-state index contributed by atoms with van der Waals surface area (Å²) in [5, 5.41) is 12.2. The van der Waals surface area contributed by atoms with Gasteiger partial charge in [-0.05, 0) is 32.6 Å². The first-order chi connectivity index (χ1) is 10.5. The van der Waals surface area contributed by atoms with Gasteiger partial charge in [0.15, 0.2) is 0 Å². The van der Waals surface area contributed by atoms with E-state index in [4.69, 9.17) is 0 Å². The fourth-order valence-electron chi connectivity index (χ4n) is 3.10. The second-order valence-corrected chi connectivity index (χ2v) is 5.97. The van der Waals surface area contributed by atoms with Crippen LogP contribution in [0.4, 0.5) is 0 Å². The number of nitrogens with one attached hydrogen (secondary N) is 1. The molecular formula is C16H23N3O3. The van der Waals surface area contributed by atoms with Crippen molar-refractivity contribution in [3.8, 4) is 0 Å². The smallest absolute Gasteiger partial charge is 0.308 e. The third-order valence-electron chi connectivity index (χ3n) is 4.36. The molecule has 1 amide bonds. The van der Waals surface area contributed by atoms with Gasteiger partial charge in [0.25, 0.3) is 5.91 Å². The number of carboxylic acid groups (broad SMARTS) is 1. The number of hydrogen-bond donors (Lipinski definition) is 2. The van der Waals surface area contributed by atoms with Crippen LogP contribution in [-0.4, -0.2) is 33.5 Å². The number of carbonyl (C=O) groups excluding carboxylic acids is 1. The van der Waals surface area contributed by atoms with Gasteiger partial charge in [-0.2, -0.15) is 0 Å². The standard InChI is InChI=1S/C16H23N3O3/c1-10-13(8-17-11(2)19-10)15(20)18-9-14(16(21)22)12-6-4-3-5-7-12/h8,12,14H,3-7,9H2,1-2H3,(H,18,20)(H,21,22). The summed E-state index contributed by atoms with van der Waals surface area (Å²) in [6.45, 7) is 3.67. The van der Waals surface area contributed by atoms with E-state index in [0.717, 1.165) is 25.7 Å². The Morgan fingerprint density at radius 2 is 2.00 bits per heavy atom. The van der Waals surface area contributed by atoms with Crippen LogP contribution < -0.4 is 5.32 Å². The molecule has 1 aliphatic carbocycles. The molecule has 1 saturated carbocycles. The molecule has 1 fully saturated rings. The lowest BCUT2D eigenvalue weighted by Gasteiger charge is -2.27. The van der Waals surface area contributed by atoms with E-state index in [-0.39, 0.29) is 18.4 Å². The molecule has 0 aliphatic heterocycles. The van der Waals surface area contributed by atoms with E-state index in [1.54, 1.807) is 13.8 Å². The maximum Gasteiger partial charge on any atom is 0.308 e. The number of carbonyl (C=O) groups is 2. The van der Waals surface area contributed by atoms with Crippen LogP contribution in [0.2, 0.25) is 0 Å². The molecule has 0 radical (unpaired) electrons. The zero-order chi connectivity index (χ0) is 16.1. The Morgan fingerprint density at radius 1 is 1.32 bits per heavy atom. The Kier molecular flexibility index (Phi) is 5.46. The molecule has 0 saturated heterocycles. The number of aryl methyl sites for hydroxylation is 2. The molecule has 2 rings (SSSR count). The van der Waals surface area contributed by atoms with E-state index in [1.807, 2.05) is 0 Å². The summed E-state index contributed by atoms with van der Waals surface area (Å²) in [4.78, 5) is 31.9. The molecule has 2 N–H and O–H groups in total. The average molecular weight is 305 g/mol. The zero-order valence-corrected chi connectivity index (χ0v) is 13.1.